The summed E-state index contributed by atoms with van der Waals surface area (Å²) in [6.45, 7) is 1.22. The molecule has 22 heavy (non-hydrogen) atoms. The SMILES string of the molecule is CN(C)CCCNS(=O)(=O)c1ccc(C(=O)NC2CC2)cc1. The Balaban J connectivity index is 1.91. The van der Waals surface area contributed by atoms with Crippen LogP contribution >= 0.6 is 0 Å². The summed E-state index contributed by atoms with van der Waals surface area (Å²) in [4.78, 5) is 14.0. The van der Waals surface area contributed by atoms with Crippen molar-refractivity contribution in [3.63, 3.8) is 0 Å². The van der Waals surface area contributed by atoms with Crippen LogP contribution in [0.25, 0.3) is 0 Å². The maximum Gasteiger partial charge on any atom is 0.251 e. The molecule has 2 rings (SSSR count). The molecule has 0 bridgehead atoms. The maximum atomic E-state index is 12.1. The van der Waals surface area contributed by atoms with Crippen molar-refractivity contribution in [2.24, 2.45) is 0 Å². The van der Waals surface area contributed by atoms with Gasteiger partial charge in [0.15, 0.2) is 0 Å². The zero-order chi connectivity index (χ0) is 16.2. The first-order chi connectivity index (χ1) is 10.4. The van der Waals surface area contributed by atoms with Crippen molar-refractivity contribution in [3.8, 4) is 0 Å². The number of benzene rings is 1. The minimum Gasteiger partial charge on any atom is -0.349 e. The molecule has 0 unspecified atom stereocenters. The Hall–Kier alpha value is -1.44. The average molecular weight is 325 g/mol. The number of nitrogens with zero attached hydrogens (tertiary/aromatic N) is 1. The van der Waals surface area contributed by atoms with Gasteiger partial charge < -0.3 is 10.2 Å². The van der Waals surface area contributed by atoms with Crippen LogP contribution in [0.5, 0.6) is 0 Å². The zero-order valence-corrected chi connectivity index (χ0v) is 13.8. The van der Waals surface area contributed by atoms with Crippen LogP contribution in [0.2, 0.25) is 0 Å². The first kappa shape index (κ1) is 16.9. The van der Waals surface area contributed by atoms with Gasteiger partial charge in [-0.2, -0.15) is 0 Å². The fourth-order valence-corrected chi connectivity index (χ4v) is 3.04. The standard InChI is InChI=1S/C15H23N3O3S/c1-18(2)11-3-10-16-22(20,21)14-8-4-12(5-9-14)15(19)17-13-6-7-13/h4-5,8-9,13,16H,3,6-7,10-11H2,1-2H3,(H,17,19). The highest BCUT2D eigenvalue weighted by atomic mass is 32.2. The Morgan fingerprint density at radius 1 is 1.23 bits per heavy atom. The van der Waals surface area contributed by atoms with Crippen LogP contribution < -0.4 is 10.0 Å². The Kier molecular flexibility index (Phi) is 5.55. The summed E-state index contributed by atoms with van der Waals surface area (Å²) >= 11 is 0. The molecule has 2 N–H and O–H groups in total. The second kappa shape index (κ2) is 7.21. The van der Waals surface area contributed by atoms with Crippen LogP contribution in [-0.2, 0) is 10.0 Å². The summed E-state index contributed by atoms with van der Waals surface area (Å²) < 4.78 is 26.8. The van der Waals surface area contributed by atoms with E-state index in [2.05, 4.69) is 10.0 Å². The third-order valence-electron chi connectivity index (χ3n) is 3.41. The van der Waals surface area contributed by atoms with Crippen LogP contribution in [0.3, 0.4) is 0 Å². The predicted molar refractivity (Wildman–Crippen MR) is 85.3 cm³/mol. The lowest BCUT2D eigenvalue weighted by Gasteiger charge is -2.10. The van der Waals surface area contributed by atoms with E-state index in [1.165, 1.54) is 12.1 Å². The van der Waals surface area contributed by atoms with Gasteiger partial charge in [0.1, 0.15) is 0 Å². The molecule has 1 aromatic rings. The summed E-state index contributed by atoms with van der Waals surface area (Å²) in [5, 5.41) is 2.87. The van der Waals surface area contributed by atoms with Crippen LogP contribution in [0, 0.1) is 0 Å². The van der Waals surface area contributed by atoms with Crippen molar-refractivity contribution in [1.29, 1.82) is 0 Å². The van der Waals surface area contributed by atoms with Gasteiger partial charge in [0.2, 0.25) is 10.0 Å². The third-order valence-corrected chi connectivity index (χ3v) is 4.89. The van der Waals surface area contributed by atoms with E-state index in [-0.39, 0.29) is 16.8 Å². The monoisotopic (exact) mass is 325 g/mol. The number of sulfonamides is 1. The van der Waals surface area contributed by atoms with E-state index >= 15 is 0 Å². The summed E-state index contributed by atoms with van der Waals surface area (Å²) in [5.41, 5.74) is 0.485. The van der Waals surface area contributed by atoms with Crippen molar-refractivity contribution in [1.82, 2.24) is 14.9 Å². The molecule has 0 atom stereocenters. The number of nitrogens with one attached hydrogen (secondary N) is 2. The lowest BCUT2D eigenvalue weighted by Crippen LogP contribution is -2.28. The number of rotatable bonds is 8. The first-order valence-corrected chi connectivity index (χ1v) is 8.92. The molecule has 122 valence electrons. The highest BCUT2D eigenvalue weighted by molar-refractivity contribution is 7.89. The van der Waals surface area contributed by atoms with E-state index in [9.17, 15) is 13.2 Å². The molecule has 0 aromatic heterocycles. The Labute approximate surface area is 131 Å². The molecule has 0 radical (unpaired) electrons. The van der Waals surface area contributed by atoms with E-state index in [1.54, 1.807) is 12.1 Å². The second-order valence-corrected chi connectivity index (χ2v) is 7.59. The first-order valence-electron chi connectivity index (χ1n) is 7.44. The molecule has 0 heterocycles. The van der Waals surface area contributed by atoms with Crippen LogP contribution in [0.4, 0.5) is 0 Å². The molecule has 0 aliphatic heterocycles. The fraction of sp³-hybridized carbons (Fsp3) is 0.533. The highest BCUT2D eigenvalue weighted by Gasteiger charge is 2.24. The lowest BCUT2D eigenvalue weighted by molar-refractivity contribution is 0.0951. The Morgan fingerprint density at radius 2 is 1.86 bits per heavy atom. The molecule has 1 aliphatic rings. The van der Waals surface area contributed by atoms with E-state index in [1.807, 2.05) is 19.0 Å². The Bertz CT molecular complexity index is 607. The van der Waals surface area contributed by atoms with E-state index in [0.29, 0.717) is 12.1 Å². The van der Waals surface area contributed by atoms with Gasteiger partial charge in [-0.15, -0.1) is 0 Å². The zero-order valence-electron chi connectivity index (χ0n) is 13.0. The van der Waals surface area contributed by atoms with E-state index in [4.69, 9.17) is 0 Å². The van der Waals surface area contributed by atoms with Crippen LogP contribution in [-0.4, -0.2) is 52.5 Å². The van der Waals surface area contributed by atoms with Crippen molar-refractivity contribution in [2.45, 2.75) is 30.2 Å². The van der Waals surface area contributed by atoms with Crippen LogP contribution in [0.15, 0.2) is 29.2 Å². The quantitative estimate of drug-likeness (QED) is 0.693. The van der Waals surface area contributed by atoms with Gasteiger partial charge in [0.25, 0.3) is 5.91 Å². The minimum absolute atomic E-state index is 0.148. The Morgan fingerprint density at radius 3 is 2.41 bits per heavy atom. The molecule has 1 aromatic carbocycles. The van der Waals surface area contributed by atoms with Gasteiger partial charge in [0, 0.05) is 18.2 Å². The number of carbonyl (C=O) groups excluding carboxylic acids is 1. The molecule has 1 amide bonds. The third kappa shape index (κ3) is 5.08. The summed E-state index contributed by atoms with van der Waals surface area (Å²) in [7, 11) is 0.377. The average Bonchev–Trinajstić information content (AvgIpc) is 3.27. The van der Waals surface area contributed by atoms with Crippen LogP contribution in [0.1, 0.15) is 29.6 Å². The summed E-state index contributed by atoms with van der Waals surface area (Å²) in [6, 6.07) is 6.32. The van der Waals surface area contributed by atoms with Crippen molar-refractivity contribution in [3.05, 3.63) is 29.8 Å². The molecule has 6 nitrogen and oxygen atoms in total. The molecular weight excluding hydrogens is 302 g/mol. The maximum absolute atomic E-state index is 12.1. The van der Waals surface area contributed by atoms with Crippen molar-refractivity contribution >= 4 is 15.9 Å². The molecular formula is C15H23N3O3S. The smallest absolute Gasteiger partial charge is 0.251 e. The predicted octanol–water partition coefficient (Wildman–Crippen LogP) is 0.809. The van der Waals surface area contributed by atoms with Crippen molar-refractivity contribution < 1.29 is 13.2 Å². The fourth-order valence-electron chi connectivity index (χ4n) is 1.97. The number of hydrogen-bond donors (Lipinski definition) is 2. The number of amides is 1. The summed E-state index contributed by atoms with van der Waals surface area (Å²) in [5.74, 6) is -0.148. The normalized spacial score (nSPS) is 15.0. The molecule has 7 heteroatoms. The molecule has 1 fully saturated rings. The second-order valence-electron chi connectivity index (χ2n) is 5.83. The summed E-state index contributed by atoms with van der Waals surface area (Å²) in [6.07, 6.45) is 2.79. The van der Waals surface area contributed by atoms with Gasteiger partial charge in [-0.1, -0.05) is 0 Å². The molecule has 1 aliphatic carbocycles. The number of carbonyl (C=O) groups is 1. The molecule has 0 saturated heterocycles. The van der Waals surface area contributed by atoms with E-state index < -0.39 is 10.0 Å². The lowest BCUT2D eigenvalue weighted by atomic mass is 10.2. The van der Waals surface area contributed by atoms with Gasteiger partial charge in [-0.3, -0.25) is 4.79 Å². The highest BCUT2D eigenvalue weighted by Crippen LogP contribution is 2.19. The molecule has 1 saturated carbocycles. The van der Waals surface area contributed by atoms with E-state index in [0.717, 1.165) is 25.8 Å². The van der Waals surface area contributed by atoms with Gasteiger partial charge >= 0.3 is 0 Å². The van der Waals surface area contributed by atoms with Gasteiger partial charge in [-0.25, -0.2) is 13.1 Å². The molecule has 0 spiro atoms. The van der Waals surface area contributed by atoms with Gasteiger partial charge in [-0.05, 0) is 64.2 Å². The minimum atomic E-state index is -3.51. The number of hydrogen-bond acceptors (Lipinski definition) is 4. The topological polar surface area (TPSA) is 78.5 Å². The van der Waals surface area contributed by atoms with Crippen molar-refractivity contribution in [2.75, 3.05) is 27.2 Å². The largest absolute Gasteiger partial charge is 0.349 e. The van der Waals surface area contributed by atoms with Gasteiger partial charge in [0.05, 0.1) is 4.90 Å².